The standard InChI is InChI=1S/C18H28N2O/c1-12-4-6-20(7-5-12)10-15-11-21-18-14(3)8-13(2)9-16(18)17(15)19/h8-9,12,15,17H,4-7,10-11,19H2,1-3H3. The van der Waals surface area contributed by atoms with Gasteiger partial charge in [0, 0.05) is 24.1 Å². The normalized spacial score (nSPS) is 27.2. The summed E-state index contributed by atoms with van der Waals surface area (Å²) in [5.74, 6) is 2.31. The van der Waals surface area contributed by atoms with Gasteiger partial charge in [0.2, 0.25) is 0 Å². The van der Waals surface area contributed by atoms with Gasteiger partial charge in [-0.1, -0.05) is 24.6 Å². The van der Waals surface area contributed by atoms with Gasteiger partial charge in [0.1, 0.15) is 5.75 Å². The Balaban J connectivity index is 1.72. The number of rotatable bonds is 2. The van der Waals surface area contributed by atoms with Gasteiger partial charge in [0.05, 0.1) is 6.61 Å². The molecule has 0 amide bonds. The molecule has 21 heavy (non-hydrogen) atoms. The van der Waals surface area contributed by atoms with Crippen molar-refractivity contribution >= 4 is 0 Å². The molecule has 2 aliphatic rings. The zero-order chi connectivity index (χ0) is 15.0. The highest BCUT2D eigenvalue weighted by Crippen LogP contribution is 2.37. The van der Waals surface area contributed by atoms with Gasteiger partial charge in [0.25, 0.3) is 0 Å². The number of fused-ring (bicyclic) bond motifs is 1. The van der Waals surface area contributed by atoms with E-state index in [1.807, 2.05) is 0 Å². The number of hydrogen-bond acceptors (Lipinski definition) is 3. The van der Waals surface area contributed by atoms with Crippen molar-refractivity contribution < 1.29 is 4.74 Å². The fourth-order valence-electron chi connectivity index (χ4n) is 3.72. The third-order valence-corrected chi connectivity index (χ3v) is 5.13. The molecule has 1 fully saturated rings. The van der Waals surface area contributed by atoms with Crippen LogP contribution >= 0.6 is 0 Å². The van der Waals surface area contributed by atoms with E-state index in [4.69, 9.17) is 10.5 Å². The average molecular weight is 288 g/mol. The highest BCUT2D eigenvalue weighted by Gasteiger charge is 2.31. The van der Waals surface area contributed by atoms with Crippen LogP contribution in [0, 0.1) is 25.7 Å². The molecule has 116 valence electrons. The second-order valence-corrected chi connectivity index (χ2v) is 7.08. The minimum atomic E-state index is 0.103. The quantitative estimate of drug-likeness (QED) is 0.909. The molecule has 3 rings (SSSR count). The number of benzene rings is 1. The molecular weight excluding hydrogens is 260 g/mol. The van der Waals surface area contributed by atoms with E-state index in [0.717, 1.165) is 24.8 Å². The van der Waals surface area contributed by atoms with Crippen molar-refractivity contribution in [2.75, 3.05) is 26.2 Å². The summed E-state index contributed by atoms with van der Waals surface area (Å²) in [5, 5.41) is 0. The van der Waals surface area contributed by atoms with Crippen molar-refractivity contribution in [1.29, 1.82) is 0 Å². The van der Waals surface area contributed by atoms with Crippen LogP contribution in [-0.4, -0.2) is 31.1 Å². The predicted octanol–water partition coefficient (Wildman–Crippen LogP) is 3.04. The topological polar surface area (TPSA) is 38.5 Å². The van der Waals surface area contributed by atoms with E-state index in [1.54, 1.807) is 0 Å². The molecule has 2 heterocycles. The van der Waals surface area contributed by atoms with Gasteiger partial charge >= 0.3 is 0 Å². The molecule has 0 aliphatic carbocycles. The van der Waals surface area contributed by atoms with Crippen LogP contribution in [0.25, 0.3) is 0 Å². The Morgan fingerprint density at radius 1 is 1.24 bits per heavy atom. The summed E-state index contributed by atoms with van der Waals surface area (Å²) in [6, 6.07) is 4.49. The highest BCUT2D eigenvalue weighted by molar-refractivity contribution is 5.46. The Morgan fingerprint density at radius 2 is 1.95 bits per heavy atom. The van der Waals surface area contributed by atoms with Crippen molar-refractivity contribution in [3.63, 3.8) is 0 Å². The lowest BCUT2D eigenvalue weighted by Gasteiger charge is -2.38. The maximum atomic E-state index is 6.57. The zero-order valence-electron chi connectivity index (χ0n) is 13.6. The van der Waals surface area contributed by atoms with Crippen LogP contribution < -0.4 is 10.5 Å². The number of ether oxygens (including phenoxy) is 1. The van der Waals surface area contributed by atoms with Crippen LogP contribution in [0.4, 0.5) is 0 Å². The Morgan fingerprint density at radius 3 is 2.67 bits per heavy atom. The van der Waals surface area contributed by atoms with Crippen LogP contribution in [-0.2, 0) is 0 Å². The summed E-state index contributed by atoms with van der Waals surface area (Å²) in [6.07, 6.45) is 2.63. The van der Waals surface area contributed by atoms with Crippen LogP contribution in [0.15, 0.2) is 12.1 Å². The van der Waals surface area contributed by atoms with Gasteiger partial charge in [-0.3, -0.25) is 0 Å². The number of hydrogen-bond donors (Lipinski definition) is 1. The number of nitrogens with zero attached hydrogens (tertiary/aromatic N) is 1. The molecule has 3 nitrogen and oxygen atoms in total. The number of likely N-dealkylation sites (tertiary alicyclic amines) is 1. The fourth-order valence-corrected chi connectivity index (χ4v) is 3.72. The second-order valence-electron chi connectivity index (χ2n) is 7.08. The first-order valence-electron chi connectivity index (χ1n) is 8.26. The second kappa shape index (κ2) is 5.98. The first kappa shape index (κ1) is 14.9. The minimum absolute atomic E-state index is 0.103. The molecule has 1 saturated heterocycles. The van der Waals surface area contributed by atoms with Gasteiger partial charge in [0.15, 0.2) is 0 Å². The molecule has 1 aromatic rings. The van der Waals surface area contributed by atoms with E-state index < -0.39 is 0 Å². The largest absolute Gasteiger partial charge is 0.493 e. The van der Waals surface area contributed by atoms with Crippen LogP contribution in [0.5, 0.6) is 5.75 Å². The van der Waals surface area contributed by atoms with Crippen molar-refractivity contribution in [2.24, 2.45) is 17.6 Å². The lowest BCUT2D eigenvalue weighted by molar-refractivity contribution is 0.113. The first-order valence-corrected chi connectivity index (χ1v) is 8.26. The summed E-state index contributed by atoms with van der Waals surface area (Å²) in [6.45, 7) is 10.9. The molecule has 2 aliphatic heterocycles. The zero-order valence-corrected chi connectivity index (χ0v) is 13.6. The van der Waals surface area contributed by atoms with E-state index >= 15 is 0 Å². The molecule has 0 radical (unpaired) electrons. The maximum absolute atomic E-state index is 6.57. The Bertz CT molecular complexity index is 506. The lowest BCUT2D eigenvalue weighted by atomic mass is 9.88. The summed E-state index contributed by atoms with van der Waals surface area (Å²) in [5.41, 5.74) is 10.3. The van der Waals surface area contributed by atoms with Gasteiger partial charge in [-0.25, -0.2) is 0 Å². The fraction of sp³-hybridized carbons (Fsp3) is 0.667. The maximum Gasteiger partial charge on any atom is 0.127 e. The van der Waals surface area contributed by atoms with E-state index in [1.165, 1.54) is 42.6 Å². The van der Waals surface area contributed by atoms with Gasteiger partial charge < -0.3 is 15.4 Å². The predicted molar refractivity (Wildman–Crippen MR) is 86.7 cm³/mol. The van der Waals surface area contributed by atoms with Crippen LogP contribution in [0.1, 0.15) is 42.5 Å². The summed E-state index contributed by atoms with van der Waals surface area (Å²) >= 11 is 0. The summed E-state index contributed by atoms with van der Waals surface area (Å²) in [4.78, 5) is 2.57. The Hall–Kier alpha value is -1.06. The highest BCUT2D eigenvalue weighted by atomic mass is 16.5. The monoisotopic (exact) mass is 288 g/mol. The number of aryl methyl sites for hydroxylation is 2. The van der Waals surface area contributed by atoms with Gasteiger partial charge in [-0.05, 0) is 51.3 Å². The van der Waals surface area contributed by atoms with Crippen LogP contribution in [0.3, 0.4) is 0 Å². The van der Waals surface area contributed by atoms with E-state index in [9.17, 15) is 0 Å². The third-order valence-electron chi connectivity index (χ3n) is 5.13. The summed E-state index contributed by atoms with van der Waals surface area (Å²) < 4.78 is 6.05. The molecular formula is C18H28N2O. The van der Waals surface area contributed by atoms with E-state index in [2.05, 4.69) is 37.8 Å². The molecule has 0 aromatic heterocycles. The molecule has 2 N–H and O–H groups in total. The molecule has 2 unspecified atom stereocenters. The molecule has 0 spiro atoms. The van der Waals surface area contributed by atoms with Crippen molar-refractivity contribution in [3.8, 4) is 5.75 Å². The molecule has 1 aromatic carbocycles. The lowest BCUT2D eigenvalue weighted by Crippen LogP contribution is -2.43. The van der Waals surface area contributed by atoms with Crippen molar-refractivity contribution in [2.45, 2.75) is 39.7 Å². The molecule has 0 saturated carbocycles. The molecule has 0 bridgehead atoms. The van der Waals surface area contributed by atoms with Gasteiger partial charge in [-0.2, -0.15) is 0 Å². The Kier molecular flexibility index (Phi) is 4.23. The SMILES string of the molecule is Cc1cc(C)c2c(c1)C(N)C(CN1CCC(C)CC1)CO2. The first-order chi connectivity index (χ1) is 10.0. The average Bonchev–Trinajstić information content (AvgIpc) is 2.45. The number of nitrogens with two attached hydrogens (primary N) is 1. The van der Waals surface area contributed by atoms with E-state index in [-0.39, 0.29) is 6.04 Å². The van der Waals surface area contributed by atoms with Gasteiger partial charge in [-0.15, -0.1) is 0 Å². The molecule has 3 heteroatoms. The summed E-state index contributed by atoms with van der Waals surface area (Å²) in [7, 11) is 0. The smallest absolute Gasteiger partial charge is 0.127 e. The van der Waals surface area contributed by atoms with E-state index in [0.29, 0.717) is 5.92 Å². The minimum Gasteiger partial charge on any atom is -0.493 e. The van der Waals surface area contributed by atoms with Crippen LogP contribution in [0.2, 0.25) is 0 Å². The molecule has 2 atom stereocenters. The Labute approximate surface area is 128 Å². The number of piperidine rings is 1. The third kappa shape index (κ3) is 3.09. The van der Waals surface area contributed by atoms with Crippen molar-refractivity contribution in [1.82, 2.24) is 4.90 Å². The van der Waals surface area contributed by atoms with Crippen molar-refractivity contribution in [3.05, 3.63) is 28.8 Å².